The Hall–Kier alpha value is -1.43. The van der Waals surface area contributed by atoms with Gasteiger partial charge in [0.05, 0.1) is 0 Å². The summed E-state index contributed by atoms with van der Waals surface area (Å²) in [6.45, 7) is 6.85. The van der Waals surface area contributed by atoms with Crippen LogP contribution in [0, 0.1) is 11.8 Å². The Morgan fingerprint density at radius 3 is 2.30 bits per heavy atom. The molecule has 1 fully saturated rings. The van der Waals surface area contributed by atoms with Crippen molar-refractivity contribution in [2.75, 3.05) is 0 Å². The maximum atomic E-state index is 12.5. The first kappa shape index (κ1) is 19.6. The highest BCUT2D eigenvalue weighted by atomic mass is 16.6. The molecule has 0 aromatic heterocycles. The highest BCUT2D eigenvalue weighted by Gasteiger charge is 2.36. The first-order valence-electron chi connectivity index (χ1n) is 8.36. The van der Waals surface area contributed by atoms with Gasteiger partial charge in [-0.1, -0.05) is 26.2 Å². The van der Waals surface area contributed by atoms with E-state index < -0.39 is 23.5 Å². The SMILES string of the molecule is C[C@H](C(=O)N(O)[C@@H](CC=O)C(=O)OC(C)(C)C)C1CCCCC1. The number of ether oxygens (including phenoxy) is 1. The molecule has 0 aromatic carbocycles. The largest absolute Gasteiger partial charge is 0.458 e. The molecule has 1 aliphatic carbocycles. The van der Waals surface area contributed by atoms with Crippen LogP contribution in [0.5, 0.6) is 0 Å². The Bertz CT molecular complexity index is 423. The number of rotatable bonds is 6. The molecule has 0 radical (unpaired) electrons. The zero-order chi connectivity index (χ0) is 17.6. The normalized spacial score (nSPS) is 18.8. The lowest BCUT2D eigenvalue weighted by Gasteiger charge is -2.32. The lowest BCUT2D eigenvalue weighted by atomic mass is 9.80. The zero-order valence-electron chi connectivity index (χ0n) is 14.6. The van der Waals surface area contributed by atoms with Crippen molar-refractivity contribution in [2.45, 2.75) is 77.9 Å². The van der Waals surface area contributed by atoms with Crippen LogP contribution >= 0.6 is 0 Å². The number of hydrogen-bond donors (Lipinski definition) is 1. The lowest BCUT2D eigenvalue weighted by Crippen LogP contribution is -2.48. The number of aldehydes is 1. The average molecular weight is 327 g/mol. The summed E-state index contributed by atoms with van der Waals surface area (Å²) in [5.74, 6) is -1.45. The van der Waals surface area contributed by atoms with Gasteiger partial charge in [0.1, 0.15) is 11.9 Å². The van der Waals surface area contributed by atoms with Crippen molar-refractivity contribution < 1.29 is 24.3 Å². The van der Waals surface area contributed by atoms with E-state index in [9.17, 15) is 19.6 Å². The zero-order valence-corrected chi connectivity index (χ0v) is 14.6. The molecule has 1 saturated carbocycles. The summed E-state index contributed by atoms with van der Waals surface area (Å²) < 4.78 is 5.20. The summed E-state index contributed by atoms with van der Waals surface area (Å²) in [7, 11) is 0. The van der Waals surface area contributed by atoms with Gasteiger partial charge in [0.2, 0.25) is 5.91 Å². The van der Waals surface area contributed by atoms with E-state index in [1.54, 1.807) is 27.7 Å². The molecule has 6 nitrogen and oxygen atoms in total. The van der Waals surface area contributed by atoms with Crippen LogP contribution in [-0.4, -0.2) is 40.1 Å². The van der Waals surface area contributed by atoms with Crippen molar-refractivity contribution >= 4 is 18.2 Å². The fraction of sp³-hybridized carbons (Fsp3) is 0.824. The second-order valence-corrected chi connectivity index (χ2v) is 7.32. The van der Waals surface area contributed by atoms with E-state index in [2.05, 4.69) is 0 Å². The molecule has 6 heteroatoms. The first-order chi connectivity index (χ1) is 10.7. The van der Waals surface area contributed by atoms with E-state index >= 15 is 0 Å². The van der Waals surface area contributed by atoms with Crippen LogP contribution in [-0.2, 0) is 19.1 Å². The van der Waals surface area contributed by atoms with Gasteiger partial charge in [0.25, 0.3) is 0 Å². The molecule has 0 unspecified atom stereocenters. The number of hydroxylamine groups is 2. The maximum absolute atomic E-state index is 12.5. The van der Waals surface area contributed by atoms with Crippen LogP contribution in [0.3, 0.4) is 0 Å². The van der Waals surface area contributed by atoms with E-state index in [1.165, 1.54) is 6.42 Å². The summed E-state index contributed by atoms with van der Waals surface area (Å²) in [6, 6.07) is -1.29. The molecule has 2 atom stereocenters. The lowest BCUT2D eigenvalue weighted by molar-refractivity contribution is -0.198. The Morgan fingerprint density at radius 1 is 1.26 bits per heavy atom. The number of nitrogens with zero attached hydrogens (tertiary/aromatic N) is 1. The minimum Gasteiger partial charge on any atom is -0.458 e. The van der Waals surface area contributed by atoms with Crippen molar-refractivity contribution in [1.82, 2.24) is 5.06 Å². The van der Waals surface area contributed by atoms with E-state index in [4.69, 9.17) is 4.74 Å². The third-order valence-corrected chi connectivity index (χ3v) is 4.27. The fourth-order valence-corrected chi connectivity index (χ4v) is 2.95. The summed E-state index contributed by atoms with van der Waals surface area (Å²) >= 11 is 0. The second-order valence-electron chi connectivity index (χ2n) is 7.32. The Labute approximate surface area is 138 Å². The number of hydrogen-bond acceptors (Lipinski definition) is 5. The molecule has 0 heterocycles. The predicted molar refractivity (Wildman–Crippen MR) is 84.7 cm³/mol. The van der Waals surface area contributed by atoms with Gasteiger partial charge in [-0.2, -0.15) is 0 Å². The molecule has 23 heavy (non-hydrogen) atoms. The molecule has 1 aliphatic rings. The van der Waals surface area contributed by atoms with Crippen molar-refractivity contribution in [2.24, 2.45) is 11.8 Å². The highest BCUT2D eigenvalue weighted by molar-refractivity contribution is 5.86. The molecular formula is C17H29NO5. The van der Waals surface area contributed by atoms with Gasteiger partial charge >= 0.3 is 5.97 Å². The van der Waals surface area contributed by atoms with Gasteiger partial charge in [-0.25, -0.2) is 9.86 Å². The van der Waals surface area contributed by atoms with E-state index in [0.717, 1.165) is 25.7 Å². The van der Waals surface area contributed by atoms with Crippen molar-refractivity contribution in [3.05, 3.63) is 0 Å². The first-order valence-corrected chi connectivity index (χ1v) is 8.36. The number of carbonyl (C=O) groups excluding carboxylic acids is 3. The summed E-state index contributed by atoms with van der Waals surface area (Å²) in [4.78, 5) is 35.5. The van der Waals surface area contributed by atoms with E-state index in [1.807, 2.05) is 0 Å². The third kappa shape index (κ3) is 5.94. The quantitative estimate of drug-likeness (QED) is 0.351. The third-order valence-electron chi connectivity index (χ3n) is 4.27. The number of amides is 1. The van der Waals surface area contributed by atoms with Crippen molar-refractivity contribution in [1.29, 1.82) is 0 Å². The van der Waals surface area contributed by atoms with E-state index in [0.29, 0.717) is 11.3 Å². The molecule has 0 bridgehead atoms. The number of esters is 1. The predicted octanol–water partition coefficient (Wildman–Crippen LogP) is 2.72. The second kappa shape index (κ2) is 8.43. The van der Waals surface area contributed by atoms with Gasteiger partial charge in [0.15, 0.2) is 6.04 Å². The minimum absolute atomic E-state index is 0.210. The Morgan fingerprint density at radius 2 is 1.83 bits per heavy atom. The van der Waals surface area contributed by atoms with Crippen LogP contribution in [0.25, 0.3) is 0 Å². The maximum Gasteiger partial charge on any atom is 0.332 e. The van der Waals surface area contributed by atoms with Gasteiger partial charge in [0, 0.05) is 12.3 Å². The van der Waals surface area contributed by atoms with Crippen LogP contribution in [0.2, 0.25) is 0 Å². The molecule has 0 saturated heterocycles. The molecule has 0 aliphatic heterocycles. The van der Waals surface area contributed by atoms with Crippen molar-refractivity contribution in [3.8, 4) is 0 Å². The van der Waals surface area contributed by atoms with Gasteiger partial charge in [-0.3, -0.25) is 10.0 Å². The molecular weight excluding hydrogens is 298 g/mol. The summed E-state index contributed by atoms with van der Waals surface area (Å²) in [5.41, 5.74) is -0.753. The molecule has 1 rings (SSSR count). The molecule has 132 valence electrons. The van der Waals surface area contributed by atoms with Gasteiger partial charge in [-0.05, 0) is 39.5 Å². The van der Waals surface area contributed by atoms with Crippen molar-refractivity contribution in [3.63, 3.8) is 0 Å². The topological polar surface area (TPSA) is 83.9 Å². The molecule has 1 N–H and O–H groups in total. The van der Waals surface area contributed by atoms with Gasteiger partial charge < -0.3 is 9.53 Å². The molecule has 1 amide bonds. The minimum atomic E-state index is -1.29. The van der Waals surface area contributed by atoms with Crippen LogP contribution < -0.4 is 0 Å². The molecule has 0 aromatic rings. The molecule has 0 spiro atoms. The smallest absolute Gasteiger partial charge is 0.332 e. The number of carbonyl (C=O) groups is 3. The van der Waals surface area contributed by atoms with Crippen LogP contribution in [0.1, 0.15) is 66.2 Å². The Balaban J connectivity index is 2.78. The summed E-state index contributed by atoms with van der Waals surface area (Å²) in [6.07, 6.45) is 5.46. The highest BCUT2D eigenvalue weighted by Crippen LogP contribution is 2.31. The monoisotopic (exact) mass is 327 g/mol. The van der Waals surface area contributed by atoms with Crippen LogP contribution in [0.15, 0.2) is 0 Å². The Kier molecular flexibility index (Phi) is 7.19. The standard InChI is InChI=1S/C17H29NO5/c1-12(13-8-6-5-7-9-13)15(20)18(22)14(10-11-19)16(21)23-17(2,3)4/h11-14,22H,5-10H2,1-4H3/t12-,14-/m0/s1. The van der Waals surface area contributed by atoms with E-state index in [-0.39, 0.29) is 18.3 Å². The van der Waals surface area contributed by atoms with Gasteiger partial charge in [-0.15, -0.1) is 0 Å². The fourth-order valence-electron chi connectivity index (χ4n) is 2.95. The average Bonchev–Trinajstić information content (AvgIpc) is 2.49. The summed E-state index contributed by atoms with van der Waals surface area (Å²) in [5, 5.41) is 10.6. The van der Waals surface area contributed by atoms with Crippen LogP contribution in [0.4, 0.5) is 0 Å².